The van der Waals surface area contributed by atoms with Crippen LogP contribution in [-0.2, 0) is 0 Å². The van der Waals surface area contributed by atoms with Gasteiger partial charge in [0.25, 0.3) is 5.56 Å². The first-order chi connectivity index (χ1) is 7.99. The van der Waals surface area contributed by atoms with Crippen LogP contribution in [0.25, 0.3) is 5.82 Å². The molecule has 7 heteroatoms. The molecule has 2 aromatic heterocycles. The molecule has 2 aromatic rings. The van der Waals surface area contributed by atoms with Crippen molar-refractivity contribution in [2.75, 3.05) is 5.73 Å². The molecule has 0 aliphatic rings. The Morgan fingerprint density at radius 2 is 2.06 bits per heavy atom. The van der Waals surface area contributed by atoms with Crippen LogP contribution in [0.5, 0.6) is 0 Å². The third kappa shape index (κ3) is 2.19. The number of aryl methyl sites for hydroxylation is 2. The van der Waals surface area contributed by atoms with Gasteiger partial charge in [0, 0.05) is 11.8 Å². The average molecular weight is 296 g/mol. The highest BCUT2D eigenvalue weighted by atomic mass is 79.9. The van der Waals surface area contributed by atoms with Gasteiger partial charge in [-0.25, -0.2) is 9.97 Å². The number of hydrogen-bond acceptors (Lipinski definition) is 5. The van der Waals surface area contributed by atoms with Crippen molar-refractivity contribution in [3.8, 4) is 5.82 Å². The average Bonchev–Trinajstić information content (AvgIpc) is 2.24. The van der Waals surface area contributed by atoms with Gasteiger partial charge in [0.05, 0.1) is 11.9 Å². The molecule has 0 aromatic carbocycles. The van der Waals surface area contributed by atoms with Crippen LogP contribution in [0.3, 0.4) is 0 Å². The summed E-state index contributed by atoms with van der Waals surface area (Å²) in [4.78, 5) is 20.2. The number of nitrogens with zero attached hydrogens (tertiary/aromatic N) is 4. The van der Waals surface area contributed by atoms with Crippen LogP contribution < -0.4 is 11.3 Å². The van der Waals surface area contributed by atoms with Gasteiger partial charge in [-0.1, -0.05) is 0 Å². The molecule has 0 spiro atoms. The maximum Gasteiger partial charge on any atom is 0.289 e. The van der Waals surface area contributed by atoms with Crippen molar-refractivity contribution in [1.29, 1.82) is 0 Å². The van der Waals surface area contributed by atoms with E-state index < -0.39 is 0 Å². The van der Waals surface area contributed by atoms with E-state index in [1.807, 2.05) is 6.92 Å². The second-order valence-corrected chi connectivity index (χ2v) is 4.34. The van der Waals surface area contributed by atoms with E-state index in [1.54, 1.807) is 13.0 Å². The number of anilines is 1. The highest BCUT2D eigenvalue weighted by Gasteiger charge is 2.09. The summed E-state index contributed by atoms with van der Waals surface area (Å²) in [6, 6.07) is 1.68. The fourth-order valence-electron chi connectivity index (χ4n) is 1.41. The van der Waals surface area contributed by atoms with Gasteiger partial charge in [0.15, 0.2) is 5.82 Å². The quantitative estimate of drug-likeness (QED) is 0.847. The van der Waals surface area contributed by atoms with Crippen molar-refractivity contribution in [2.24, 2.45) is 0 Å². The Kier molecular flexibility index (Phi) is 2.93. The molecule has 0 fully saturated rings. The van der Waals surface area contributed by atoms with E-state index in [0.29, 0.717) is 17.3 Å². The largest absolute Gasteiger partial charge is 0.396 e. The lowest BCUT2D eigenvalue weighted by Gasteiger charge is -2.06. The molecule has 0 aliphatic carbocycles. The van der Waals surface area contributed by atoms with Gasteiger partial charge in [0.2, 0.25) is 0 Å². The molecule has 6 nitrogen and oxygen atoms in total. The first-order valence-corrected chi connectivity index (χ1v) is 5.64. The molecule has 0 aliphatic heterocycles. The van der Waals surface area contributed by atoms with Crippen molar-refractivity contribution < 1.29 is 0 Å². The maximum atomic E-state index is 11.9. The van der Waals surface area contributed by atoms with Crippen molar-refractivity contribution in [1.82, 2.24) is 19.7 Å². The molecule has 0 saturated carbocycles. The van der Waals surface area contributed by atoms with E-state index in [2.05, 4.69) is 31.0 Å². The molecule has 2 rings (SSSR count). The third-order valence-electron chi connectivity index (χ3n) is 2.12. The van der Waals surface area contributed by atoms with Crippen LogP contribution in [0.15, 0.2) is 21.5 Å². The number of aromatic nitrogens is 4. The zero-order chi connectivity index (χ0) is 12.6. The third-order valence-corrected chi connectivity index (χ3v) is 2.91. The Balaban J connectivity index is 2.69. The van der Waals surface area contributed by atoms with Gasteiger partial charge < -0.3 is 5.73 Å². The van der Waals surface area contributed by atoms with E-state index in [4.69, 9.17) is 5.73 Å². The molecule has 0 bridgehead atoms. The lowest BCUT2D eigenvalue weighted by atomic mass is 10.4. The minimum absolute atomic E-state index is 0.279. The molecule has 88 valence electrons. The monoisotopic (exact) mass is 295 g/mol. The highest BCUT2D eigenvalue weighted by Crippen LogP contribution is 2.12. The summed E-state index contributed by atoms with van der Waals surface area (Å²) in [6.07, 6.45) is 1.40. The van der Waals surface area contributed by atoms with Crippen molar-refractivity contribution in [3.63, 3.8) is 0 Å². The lowest BCUT2D eigenvalue weighted by Crippen LogP contribution is -2.24. The van der Waals surface area contributed by atoms with Gasteiger partial charge >= 0.3 is 0 Å². The minimum atomic E-state index is -0.345. The smallest absolute Gasteiger partial charge is 0.289 e. The Morgan fingerprint density at radius 1 is 1.35 bits per heavy atom. The molecular formula is C10H10BrN5O. The van der Waals surface area contributed by atoms with E-state index >= 15 is 0 Å². The number of rotatable bonds is 1. The van der Waals surface area contributed by atoms with E-state index in [1.165, 1.54) is 10.9 Å². The summed E-state index contributed by atoms with van der Waals surface area (Å²) in [5.41, 5.74) is 6.30. The fraction of sp³-hybridized carbons (Fsp3) is 0.200. The molecule has 2 N–H and O–H groups in total. The second-order valence-electron chi connectivity index (χ2n) is 3.55. The predicted octanol–water partition coefficient (Wildman–Crippen LogP) is 0.984. The summed E-state index contributed by atoms with van der Waals surface area (Å²) >= 11 is 3.12. The zero-order valence-corrected chi connectivity index (χ0v) is 10.9. The number of halogens is 1. The Hall–Kier alpha value is -1.76. The van der Waals surface area contributed by atoms with Crippen LogP contribution in [0, 0.1) is 13.8 Å². The summed E-state index contributed by atoms with van der Waals surface area (Å²) in [6.45, 7) is 3.59. The summed E-state index contributed by atoms with van der Waals surface area (Å²) < 4.78 is 1.46. The SMILES string of the molecule is Cc1cc(-n2ncc(N)c(Br)c2=O)nc(C)n1. The van der Waals surface area contributed by atoms with Crippen molar-refractivity contribution in [2.45, 2.75) is 13.8 Å². The van der Waals surface area contributed by atoms with E-state index in [9.17, 15) is 4.79 Å². The van der Waals surface area contributed by atoms with Crippen LogP contribution >= 0.6 is 15.9 Å². The van der Waals surface area contributed by atoms with Gasteiger partial charge in [-0.05, 0) is 29.8 Å². The zero-order valence-electron chi connectivity index (χ0n) is 9.31. The normalized spacial score (nSPS) is 10.5. The van der Waals surface area contributed by atoms with Gasteiger partial charge in [0.1, 0.15) is 10.3 Å². The van der Waals surface area contributed by atoms with Crippen LogP contribution in [0.4, 0.5) is 5.69 Å². The van der Waals surface area contributed by atoms with Gasteiger partial charge in [-0.15, -0.1) is 0 Å². The highest BCUT2D eigenvalue weighted by molar-refractivity contribution is 9.10. The summed E-state index contributed by atoms with van der Waals surface area (Å²) in [7, 11) is 0. The molecule has 0 unspecified atom stereocenters. The van der Waals surface area contributed by atoms with Crippen LogP contribution in [-0.4, -0.2) is 19.7 Å². The molecule has 17 heavy (non-hydrogen) atoms. The lowest BCUT2D eigenvalue weighted by molar-refractivity contribution is 0.764. The molecule has 0 saturated heterocycles. The fourth-order valence-corrected chi connectivity index (χ4v) is 1.68. The van der Waals surface area contributed by atoms with Crippen molar-refractivity contribution >= 4 is 21.6 Å². The topological polar surface area (TPSA) is 86.7 Å². The molecule has 2 heterocycles. The number of nitrogen functional groups attached to an aromatic ring is 1. The molecular weight excluding hydrogens is 286 g/mol. The molecule has 0 atom stereocenters. The molecule has 0 radical (unpaired) electrons. The second kappa shape index (κ2) is 4.25. The minimum Gasteiger partial charge on any atom is -0.396 e. The predicted molar refractivity (Wildman–Crippen MR) is 67.0 cm³/mol. The van der Waals surface area contributed by atoms with E-state index in [-0.39, 0.29) is 10.0 Å². The standard InChI is InChI=1S/C10H10BrN5O/c1-5-3-8(15-6(2)14-5)16-10(17)9(11)7(12)4-13-16/h3-4H,12H2,1-2H3. The van der Waals surface area contributed by atoms with E-state index in [0.717, 1.165) is 5.69 Å². The Labute approximate surface area is 106 Å². The van der Waals surface area contributed by atoms with Crippen molar-refractivity contribution in [3.05, 3.63) is 38.6 Å². The Morgan fingerprint density at radius 3 is 2.71 bits per heavy atom. The summed E-state index contributed by atoms with van der Waals surface area (Å²) in [5.74, 6) is 1.02. The number of nitrogens with two attached hydrogens (primary N) is 1. The number of hydrogen-bond donors (Lipinski definition) is 1. The molecule has 0 amide bonds. The first-order valence-electron chi connectivity index (χ1n) is 4.85. The maximum absolute atomic E-state index is 11.9. The van der Waals surface area contributed by atoms with Crippen LogP contribution in [0.1, 0.15) is 11.5 Å². The summed E-state index contributed by atoms with van der Waals surface area (Å²) in [5, 5.41) is 3.95. The van der Waals surface area contributed by atoms with Gasteiger partial charge in [-0.3, -0.25) is 4.79 Å². The Bertz CT molecular complexity index is 617. The van der Waals surface area contributed by atoms with Gasteiger partial charge in [-0.2, -0.15) is 9.78 Å². The van der Waals surface area contributed by atoms with Crippen LogP contribution in [0.2, 0.25) is 0 Å². The first kappa shape index (κ1) is 11.7.